The molecule has 1 aromatic heterocycles. The van der Waals surface area contributed by atoms with Gasteiger partial charge in [-0.2, -0.15) is 5.10 Å². The Morgan fingerprint density at radius 2 is 2.14 bits per heavy atom. The summed E-state index contributed by atoms with van der Waals surface area (Å²) in [6, 6.07) is 0. The Labute approximate surface area is 133 Å². The number of hydrogen-bond acceptors (Lipinski definition) is 5. The summed E-state index contributed by atoms with van der Waals surface area (Å²) in [4.78, 5) is 14.4. The number of nitrogens with one attached hydrogen (secondary N) is 1. The maximum Gasteiger partial charge on any atom is 0.283 e. The van der Waals surface area contributed by atoms with Crippen LogP contribution in [0.4, 0.5) is 5.69 Å². The quantitative estimate of drug-likeness (QED) is 0.797. The summed E-state index contributed by atoms with van der Waals surface area (Å²) in [5.41, 5.74) is 0.486. The van der Waals surface area contributed by atoms with Crippen LogP contribution in [0.2, 0.25) is 0 Å². The first-order valence-electron chi connectivity index (χ1n) is 7.44. The smallest absolute Gasteiger partial charge is 0.283 e. The van der Waals surface area contributed by atoms with Gasteiger partial charge in [0.25, 0.3) is 5.56 Å². The minimum Gasteiger partial charge on any atom is -0.394 e. The molecule has 21 heavy (non-hydrogen) atoms. The molecule has 0 amide bonds. The summed E-state index contributed by atoms with van der Waals surface area (Å²) < 4.78 is 1.72. The number of rotatable bonds is 6. The van der Waals surface area contributed by atoms with Crippen LogP contribution in [-0.2, 0) is 6.54 Å². The van der Waals surface area contributed by atoms with Gasteiger partial charge in [0.2, 0.25) is 0 Å². The van der Waals surface area contributed by atoms with Gasteiger partial charge in [-0.3, -0.25) is 4.79 Å². The molecule has 0 atom stereocenters. The number of anilines is 1. The molecule has 2 rings (SSSR count). The fourth-order valence-corrected chi connectivity index (χ4v) is 2.92. The van der Waals surface area contributed by atoms with Gasteiger partial charge in [-0.1, -0.05) is 6.92 Å². The first-order valence-corrected chi connectivity index (χ1v) is 8.24. The van der Waals surface area contributed by atoms with Gasteiger partial charge in [-0.05, 0) is 47.8 Å². The molecule has 0 bridgehead atoms. The molecule has 0 spiro atoms. The highest BCUT2D eigenvalue weighted by atomic mass is 79.9. The summed E-state index contributed by atoms with van der Waals surface area (Å²) >= 11 is 3.30. The van der Waals surface area contributed by atoms with E-state index in [1.807, 2.05) is 0 Å². The van der Waals surface area contributed by atoms with E-state index < -0.39 is 0 Å². The molecular formula is C14H23BrN4O2. The summed E-state index contributed by atoms with van der Waals surface area (Å²) in [6.45, 7) is 6.49. The van der Waals surface area contributed by atoms with E-state index in [1.165, 1.54) is 17.5 Å². The second-order valence-electron chi connectivity index (χ2n) is 5.58. The van der Waals surface area contributed by atoms with E-state index in [1.54, 1.807) is 6.20 Å². The molecule has 1 aromatic rings. The molecule has 1 aliphatic heterocycles. The van der Waals surface area contributed by atoms with Crippen LogP contribution >= 0.6 is 15.9 Å². The van der Waals surface area contributed by atoms with Gasteiger partial charge in [0.15, 0.2) is 0 Å². The van der Waals surface area contributed by atoms with Crippen LogP contribution in [0.15, 0.2) is 15.5 Å². The number of aliphatic hydroxyl groups is 1. The summed E-state index contributed by atoms with van der Waals surface area (Å²) in [7, 11) is 0. The highest BCUT2D eigenvalue weighted by molar-refractivity contribution is 9.10. The fraction of sp³-hybridized carbons (Fsp3) is 0.714. The van der Waals surface area contributed by atoms with Crippen LogP contribution in [0.25, 0.3) is 0 Å². The Kier molecular flexibility index (Phi) is 6.20. The number of likely N-dealkylation sites (tertiary alicyclic amines) is 1. The SMILES string of the molecule is CC1CCN(CCNc2cnn(CCO)c(=O)c2Br)CC1. The summed E-state index contributed by atoms with van der Waals surface area (Å²) in [6.07, 6.45) is 4.16. The molecule has 0 saturated carbocycles. The Bertz CT molecular complexity index is 512. The van der Waals surface area contributed by atoms with Crippen molar-refractivity contribution in [2.75, 3.05) is 38.1 Å². The van der Waals surface area contributed by atoms with E-state index in [9.17, 15) is 4.79 Å². The van der Waals surface area contributed by atoms with E-state index in [0.717, 1.165) is 32.1 Å². The average molecular weight is 359 g/mol. The molecule has 0 aliphatic carbocycles. The fourth-order valence-electron chi connectivity index (χ4n) is 2.48. The Balaban J connectivity index is 1.86. The minimum absolute atomic E-state index is 0.0977. The van der Waals surface area contributed by atoms with E-state index in [4.69, 9.17) is 5.11 Å². The third kappa shape index (κ3) is 4.52. The highest BCUT2D eigenvalue weighted by Crippen LogP contribution is 2.17. The van der Waals surface area contributed by atoms with Gasteiger partial charge in [0, 0.05) is 13.1 Å². The lowest BCUT2D eigenvalue weighted by molar-refractivity contribution is 0.199. The minimum atomic E-state index is -0.221. The van der Waals surface area contributed by atoms with Crippen LogP contribution < -0.4 is 10.9 Å². The predicted octanol–water partition coefficient (Wildman–Crippen LogP) is 1.14. The van der Waals surface area contributed by atoms with Crippen LogP contribution in [0.1, 0.15) is 19.8 Å². The van der Waals surface area contributed by atoms with Crippen LogP contribution in [0.3, 0.4) is 0 Å². The first-order chi connectivity index (χ1) is 10.1. The van der Waals surface area contributed by atoms with Crippen molar-refractivity contribution in [3.8, 4) is 0 Å². The number of aromatic nitrogens is 2. The van der Waals surface area contributed by atoms with E-state index >= 15 is 0 Å². The zero-order chi connectivity index (χ0) is 15.2. The number of nitrogens with zero attached hydrogens (tertiary/aromatic N) is 3. The Morgan fingerprint density at radius 1 is 1.43 bits per heavy atom. The van der Waals surface area contributed by atoms with Crippen molar-refractivity contribution >= 4 is 21.6 Å². The van der Waals surface area contributed by atoms with Gasteiger partial charge >= 0.3 is 0 Å². The predicted molar refractivity (Wildman–Crippen MR) is 86.6 cm³/mol. The maximum atomic E-state index is 12.0. The maximum absolute atomic E-state index is 12.0. The van der Waals surface area contributed by atoms with E-state index in [0.29, 0.717) is 10.2 Å². The van der Waals surface area contributed by atoms with Crippen LogP contribution in [-0.4, -0.2) is 52.6 Å². The lowest BCUT2D eigenvalue weighted by Gasteiger charge is -2.30. The Hall–Kier alpha value is -0.920. The molecular weight excluding hydrogens is 336 g/mol. The largest absolute Gasteiger partial charge is 0.394 e. The van der Waals surface area contributed by atoms with E-state index in [-0.39, 0.29) is 18.7 Å². The molecule has 1 aliphatic rings. The molecule has 0 radical (unpaired) electrons. The number of piperidine rings is 1. The monoisotopic (exact) mass is 358 g/mol. The lowest BCUT2D eigenvalue weighted by Crippen LogP contribution is -2.36. The first kappa shape index (κ1) is 16.5. The van der Waals surface area contributed by atoms with Crippen molar-refractivity contribution in [1.82, 2.24) is 14.7 Å². The molecule has 1 fully saturated rings. The van der Waals surface area contributed by atoms with Crippen molar-refractivity contribution in [1.29, 1.82) is 0 Å². The third-order valence-electron chi connectivity index (χ3n) is 3.92. The molecule has 2 N–H and O–H groups in total. The average Bonchev–Trinajstić information content (AvgIpc) is 2.48. The Morgan fingerprint density at radius 3 is 2.81 bits per heavy atom. The van der Waals surface area contributed by atoms with Crippen LogP contribution in [0, 0.1) is 5.92 Å². The second kappa shape index (κ2) is 7.91. The number of hydrogen-bond donors (Lipinski definition) is 2. The standard InChI is InChI=1S/C14H23BrN4O2/c1-11-2-5-18(6-3-11)7-4-16-12-10-17-19(8-9-20)14(21)13(12)15/h10-11,16,20H,2-9H2,1H3. The van der Waals surface area contributed by atoms with Crippen molar-refractivity contribution in [3.05, 3.63) is 21.0 Å². The lowest BCUT2D eigenvalue weighted by atomic mass is 9.99. The second-order valence-corrected chi connectivity index (χ2v) is 6.37. The molecule has 6 nitrogen and oxygen atoms in total. The van der Waals surface area contributed by atoms with Gasteiger partial charge in [-0.15, -0.1) is 0 Å². The van der Waals surface area contributed by atoms with Gasteiger partial charge in [0.05, 0.1) is 25.0 Å². The van der Waals surface area contributed by atoms with Crippen molar-refractivity contribution in [3.63, 3.8) is 0 Å². The molecule has 1 saturated heterocycles. The molecule has 0 unspecified atom stereocenters. The van der Waals surface area contributed by atoms with Gasteiger partial charge in [-0.25, -0.2) is 4.68 Å². The number of aliphatic hydroxyl groups excluding tert-OH is 1. The molecule has 118 valence electrons. The van der Waals surface area contributed by atoms with Crippen molar-refractivity contribution in [2.45, 2.75) is 26.3 Å². The van der Waals surface area contributed by atoms with Gasteiger partial charge in [0.1, 0.15) is 4.47 Å². The third-order valence-corrected chi connectivity index (χ3v) is 4.68. The topological polar surface area (TPSA) is 70.4 Å². The molecule has 7 heteroatoms. The molecule has 2 heterocycles. The highest BCUT2D eigenvalue weighted by Gasteiger charge is 2.15. The van der Waals surface area contributed by atoms with Crippen molar-refractivity contribution < 1.29 is 5.11 Å². The summed E-state index contributed by atoms with van der Waals surface area (Å²) in [5, 5.41) is 16.2. The van der Waals surface area contributed by atoms with E-state index in [2.05, 4.69) is 38.2 Å². The number of halogens is 1. The zero-order valence-electron chi connectivity index (χ0n) is 12.4. The van der Waals surface area contributed by atoms with Crippen LogP contribution in [0.5, 0.6) is 0 Å². The molecule has 0 aromatic carbocycles. The van der Waals surface area contributed by atoms with Gasteiger partial charge < -0.3 is 15.3 Å². The normalized spacial score (nSPS) is 17.1. The van der Waals surface area contributed by atoms with Crippen molar-refractivity contribution in [2.24, 2.45) is 5.92 Å². The zero-order valence-corrected chi connectivity index (χ0v) is 14.0. The summed E-state index contributed by atoms with van der Waals surface area (Å²) in [5.74, 6) is 0.840.